The lowest BCUT2D eigenvalue weighted by Crippen LogP contribution is -2.48. The van der Waals surface area contributed by atoms with Crippen molar-refractivity contribution < 1.29 is 28.2 Å². The second kappa shape index (κ2) is 13.1. The molecule has 0 saturated heterocycles. The van der Waals surface area contributed by atoms with E-state index in [9.17, 15) is 4.79 Å². The zero-order chi connectivity index (χ0) is 26.9. The van der Waals surface area contributed by atoms with E-state index in [0.717, 1.165) is 22.6 Å². The van der Waals surface area contributed by atoms with Crippen LogP contribution in [-0.2, 0) is 30.0 Å². The van der Waals surface area contributed by atoms with Crippen LogP contribution in [0.3, 0.4) is 0 Å². The summed E-state index contributed by atoms with van der Waals surface area (Å²) in [6.45, 7) is 14.0. The Morgan fingerprint density at radius 1 is 1.25 bits per heavy atom. The molecule has 0 saturated carbocycles. The van der Waals surface area contributed by atoms with Crippen molar-refractivity contribution >= 4 is 14.3 Å². The van der Waals surface area contributed by atoms with Crippen molar-refractivity contribution in [3.63, 3.8) is 0 Å². The molecule has 0 unspecified atom stereocenters. The van der Waals surface area contributed by atoms with Crippen LogP contribution < -0.4 is 4.74 Å². The summed E-state index contributed by atoms with van der Waals surface area (Å²) in [7, 11) is 0.914. The van der Waals surface area contributed by atoms with Crippen LogP contribution in [0.2, 0.25) is 18.1 Å². The number of allylic oxidation sites excluding steroid dienone is 1. The van der Waals surface area contributed by atoms with Gasteiger partial charge >= 0.3 is 5.97 Å². The van der Waals surface area contributed by atoms with E-state index in [1.165, 1.54) is 13.2 Å². The van der Waals surface area contributed by atoms with E-state index >= 15 is 0 Å². The molecule has 2 rings (SSSR count). The Balaban J connectivity index is 2.19. The molecule has 0 spiro atoms. The summed E-state index contributed by atoms with van der Waals surface area (Å²) >= 11 is 0. The molecule has 7 heteroatoms. The van der Waals surface area contributed by atoms with Gasteiger partial charge in [0.2, 0.25) is 0 Å². The van der Waals surface area contributed by atoms with Crippen LogP contribution in [0.5, 0.6) is 5.75 Å². The number of carbonyl (C=O) groups excluding carboxylic acids is 1. The summed E-state index contributed by atoms with van der Waals surface area (Å²) < 4.78 is 29.2. The number of benzene rings is 1. The number of hydrogen-bond donors (Lipinski definition) is 0. The topological polar surface area (TPSA) is 63.2 Å². The Morgan fingerprint density at radius 3 is 2.47 bits per heavy atom. The highest BCUT2D eigenvalue weighted by molar-refractivity contribution is 6.74. The molecule has 1 aromatic rings. The van der Waals surface area contributed by atoms with Gasteiger partial charge in [-0.2, -0.15) is 0 Å². The predicted octanol–water partition coefficient (Wildman–Crippen LogP) is 6.03. The van der Waals surface area contributed by atoms with Gasteiger partial charge in [0.25, 0.3) is 0 Å². The number of rotatable bonds is 11. The normalized spacial score (nSPS) is 19.0. The third-order valence-corrected chi connectivity index (χ3v) is 11.3. The molecule has 6 nitrogen and oxygen atoms in total. The summed E-state index contributed by atoms with van der Waals surface area (Å²) in [4.78, 5) is 12.0. The summed E-state index contributed by atoms with van der Waals surface area (Å²) in [5, 5.41) is 0.0282. The number of terminal acetylenes is 1. The first-order chi connectivity index (χ1) is 16.9. The van der Waals surface area contributed by atoms with Crippen LogP contribution in [0, 0.1) is 18.3 Å². The first kappa shape index (κ1) is 29.7. The van der Waals surface area contributed by atoms with E-state index in [4.69, 9.17) is 29.8 Å². The molecule has 0 bridgehead atoms. The Hall–Kier alpha value is -2.53. The van der Waals surface area contributed by atoms with Gasteiger partial charge in [-0.1, -0.05) is 39.8 Å². The van der Waals surface area contributed by atoms with Crippen LogP contribution in [0.4, 0.5) is 0 Å². The summed E-state index contributed by atoms with van der Waals surface area (Å²) in [6, 6.07) is 7.79. The molecular weight excluding hydrogens is 472 g/mol. The van der Waals surface area contributed by atoms with Crippen LogP contribution in [0.15, 0.2) is 47.7 Å². The van der Waals surface area contributed by atoms with E-state index in [-0.39, 0.29) is 23.2 Å². The molecule has 1 heterocycles. The van der Waals surface area contributed by atoms with Crippen LogP contribution in [0.1, 0.15) is 46.1 Å². The second-order valence-corrected chi connectivity index (χ2v) is 15.5. The Bertz CT molecular complexity index is 965. The van der Waals surface area contributed by atoms with Crippen molar-refractivity contribution in [1.82, 2.24) is 0 Å². The molecule has 0 radical (unpaired) electrons. The number of hydrogen-bond acceptors (Lipinski definition) is 6. The largest absolute Gasteiger partial charge is 0.497 e. The van der Waals surface area contributed by atoms with E-state index in [1.807, 2.05) is 37.3 Å². The molecule has 0 amide bonds. The molecule has 0 fully saturated rings. The van der Waals surface area contributed by atoms with E-state index < -0.39 is 14.3 Å². The number of carbonyl (C=O) groups is 1. The number of methoxy groups -OCH3 is 2. The van der Waals surface area contributed by atoms with Gasteiger partial charge < -0.3 is 23.4 Å². The highest BCUT2D eigenvalue weighted by Crippen LogP contribution is 2.39. The van der Waals surface area contributed by atoms with Gasteiger partial charge in [-0.3, -0.25) is 0 Å². The highest BCUT2D eigenvalue weighted by Gasteiger charge is 2.42. The van der Waals surface area contributed by atoms with E-state index in [0.29, 0.717) is 26.1 Å². The predicted molar refractivity (Wildman–Crippen MR) is 145 cm³/mol. The molecule has 1 aliphatic rings. The molecular formula is C29H42O6Si. The Labute approximate surface area is 218 Å². The molecule has 0 aromatic heterocycles. The lowest BCUT2D eigenvalue weighted by Gasteiger charge is -2.42. The fourth-order valence-electron chi connectivity index (χ4n) is 3.58. The van der Waals surface area contributed by atoms with Gasteiger partial charge in [0.15, 0.2) is 8.32 Å². The van der Waals surface area contributed by atoms with Crippen molar-refractivity contribution in [2.45, 2.75) is 77.5 Å². The summed E-state index contributed by atoms with van der Waals surface area (Å²) in [5.74, 6) is 3.89. The molecule has 198 valence electrons. The molecule has 1 aromatic carbocycles. The third kappa shape index (κ3) is 8.54. The van der Waals surface area contributed by atoms with Gasteiger partial charge in [0.05, 0.1) is 33.5 Å². The zero-order valence-electron chi connectivity index (χ0n) is 23.1. The maximum atomic E-state index is 12.0. The van der Waals surface area contributed by atoms with Gasteiger partial charge in [0.1, 0.15) is 17.6 Å². The number of esters is 1. The average molecular weight is 515 g/mol. The van der Waals surface area contributed by atoms with Crippen molar-refractivity contribution in [1.29, 1.82) is 0 Å². The first-order valence-corrected chi connectivity index (χ1v) is 15.3. The molecule has 0 N–H and O–H groups in total. The maximum Gasteiger partial charge on any atom is 0.330 e. The highest BCUT2D eigenvalue weighted by atomic mass is 28.4. The third-order valence-electron chi connectivity index (χ3n) is 6.82. The fraction of sp³-hybridized carbons (Fsp3) is 0.552. The van der Waals surface area contributed by atoms with Gasteiger partial charge in [0, 0.05) is 24.8 Å². The van der Waals surface area contributed by atoms with Crippen molar-refractivity contribution in [3.8, 4) is 18.1 Å². The minimum atomic E-state index is -2.10. The van der Waals surface area contributed by atoms with Crippen molar-refractivity contribution in [2.24, 2.45) is 5.92 Å². The average Bonchev–Trinajstić information content (AvgIpc) is 2.83. The maximum absolute atomic E-state index is 12.0. The van der Waals surface area contributed by atoms with Crippen molar-refractivity contribution in [3.05, 3.63) is 53.3 Å². The molecule has 36 heavy (non-hydrogen) atoms. The van der Waals surface area contributed by atoms with Gasteiger partial charge in [-0.15, -0.1) is 12.3 Å². The number of ether oxygens (including phenoxy) is 4. The Kier molecular flexibility index (Phi) is 10.8. The zero-order valence-corrected chi connectivity index (χ0v) is 24.1. The smallest absolute Gasteiger partial charge is 0.330 e. The van der Waals surface area contributed by atoms with Gasteiger partial charge in [-0.25, -0.2) is 4.79 Å². The quantitative estimate of drug-likeness (QED) is 0.155. The SMILES string of the molecule is C#CC[C@H](O[Si](C)(C)C(C)(C)C)[C@@H]1C/C(=C\C(=O)OC)C=C([C@@H](C)COCc2ccc(OC)cc2)O1. The minimum absolute atomic E-state index is 0.0282. The standard InChI is InChI=1S/C29H42O6Si/c1-10-11-25(35-36(8,9)29(3,4)5)27-17-23(18-28(30)32-7)16-26(34-27)21(2)19-33-20-22-12-14-24(31-6)15-13-22/h1,12-16,18,21,25,27H,11,17,19-20H2,2-9H3/b23-18-/t21-,25-,27-/m0/s1. The van der Waals surface area contributed by atoms with E-state index in [1.54, 1.807) is 7.11 Å². The lowest BCUT2D eigenvalue weighted by molar-refractivity contribution is -0.134. The van der Waals surface area contributed by atoms with Gasteiger partial charge in [-0.05, 0) is 47.5 Å². The summed E-state index contributed by atoms with van der Waals surface area (Å²) in [6.07, 6.45) is 9.51. The first-order valence-electron chi connectivity index (χ1n) is 12.4. The fourth-order valence-corrected chi connectivity index (χ4v) is 4.92. The van der Waals surface area contributed by atoms with Crippen molar-refractivity contribution in [2.75, 3.05) is 20.8 Å². The molecule has 1 aliphatic heterocycles. The van der Waals surface area contributed by atoms with Crippen LogP contribution in [0.25, 0.3) is 0 Å². The van der Waals surface area contributed by atoms with Crippen LogP contribution >= 0.6 is 0 Å². The van der Waals surface area contributed by atoms with E-state index in [2.05, 4.69) is 39.8 Å². The monoisotopic (exact) mass is 514 g/mol. The lowest BCUT2D eigenvalue weighted by atomic mass is 9.95. The molecule has 0 aliphatic carbocycles. The summed E-state index contributed by atoms with van der Waals surface area (Å²) in [5.41, 5.74) is 1.89. The minimum Gasteiger partial charge on any atom is -0.497 e. The Morgan fingerprint density at radius 2 is 1.92 bits per heavy atom. The molecule has 3 atom stereocenters. The van der Waals surface area contributed by atoms with Crippen LogP contribution in [-0.4, -0.2) is 47.3 Å². The second-order valence-electron chi connectivity index (χ2n) is 10.7.